The highest BCUT2D eigenvalue weighted by Crippen LogP contribution is 2.28. The third-order valence-corrected chi connectivity index (χ3v) is 5.45. The van der Waals surface area contributed by atoms with E-state index in [1.165, 1.54) is 22.5 Å². The van der Waals surface area contributed by atoms with Crippen LogP contribution in [0.15, 0.2) is 29.2 Å². The summed E-state index contributed by atoms with van der Waals surface area (Å²) in [5.41, 5.74) is -0.620. The van der Waals surface area contributed by atoms with E-state index in [2.05, 4.69) is 6.07 Å². The van der Waals surface area contributed by atoms with Crippen molar-refractivity contribution in [1.82, 2.24) is 4.31 Å². The second kappa shape index (κ2) is 7.53. The van der Waals surface area contributed by atoms with Crippen LogP contribution in [0.2, 0.25) is 0 Å². The van der Waals surface area contributed by atoms with E-state index in [4.69, 9.17) is 5.26 Å². The van der Waals surface area contributed by atoms with E-state index < -0.39 is 14.9 Å². The smallest absolute Gasteiger partial charge is 0.258 e. The summed E-state index contributed by atoms with van der Waals surface area (Å²) in [7, 11) is -3.82. The van der Waals surface area contributed by atoms with Crippen LogP contribution in [0.3, 0.4) is 0 Å². The summed E-state index contributed by atoms with van der Waals surface area (Å²) in [6.45, 7) is 6.01. The van der Waals surface area contributed by atoms with Gasteiger partial charge in [-0.2, -0.15) is 9.57 Å². The number of sulfonamides is 1. The maximum absolute atomic E-state index is 12.7. The van der Waals surface area contributed by atoms with E-state index in [-0.39, 0.29) is 29.1 Å². The molecule has 1 aromatic rings. The highest BCUT2D eigenvalue weighted by molar-refractivity contribution is 7.89. The number of nitro benzene ring substituents is 1. The van der Waals surface area contributed by atoms with Gasteiger partial charge in [-0.1, -0.05) is 26.8 Å². The minimum atomic E-state index is -3.82. The molecule has 1 rings (SSSR count). The number of nitrogens with zero attached hydrogens (tertiary/aromatic N) is 3. The molecule has 0 unspecified atom stereocenters. The topological polar surface area (TPSA) is 104 Å². The van der Waals surface area contributed by atoms with Gasteiger partial charge in [0.2, 0.25) is 10.0 Å². The molecule has 8 heteroatoms. The first-order valence-electron chi connectivity index (χ1n) is 7.25. The molecule has 0 spiro atoms. The maximum atomic E-state index is 12.7. The summed E-state index contributed by atoms with van der Waals surface area (Å²) in [5, 5.41) is 19.5. The Morgan fingerprint density at radius 2 is 2.04 bits per heavy atom. The first-order valence-corrected chi connectivity index (χ1v) is 8.69. The van der Waals surface area contributed by atoms with Gasteiger partial charge in [-0.05, 0) is 17.9 Å². The zero-order valence-electron chi connectivity index (χ0n) is 13.5. The number of non-ortho nitro benzene ring substituents is 1. The zero-order valence-corrected chi connectivity index (χ0v) is 14.3. The second-order valence-corrected chi connectivity index (χ2v) is 7.95. The number of nitriles is 1. The van der Waals surface area contributed by atoms with Gasteiger partial charge in [0.1, 0.15) is 0 Å². The van der Waals surface area contributed by atoms with Crippen LogP contribution in [0.1, 0.15) is 33.6 Å². The van der Waals surface area contributed by atoms with Crippen LogP contribution in [0.4, 0.5) is 5.69 Å². The Labute approximate surface area is 136 Å². The van der Waals surface area contributed by atoms with E-state index in [1.54, 1.807) is 6.92 Å². The van der Waals surface area contributed by atoms with E-state index in [1.807, 2.05) is 13.8 Å². The molecule has 0 radical (unpaired) electrons. The van der Waals surface area contributed by atoms with Gasteiger partial charge >= 0.3 is 0 Å². The van der Waals surface area contributed by atoms with Crippen molar-refractivity contribution in [3.8, 4) is 6.07 Å². The number of nitro groups is 1. The van der Waals surface area contributed by atoms with Crippen molar-refractivity contribution in [3.05, 3.63) is 34.4 Å². The molecule has 0 aliphatic heterocycles. The average Bonchev–Trinajstić information content (AvgIpc) is 2.50. The number of hydrogen-bond acceptors (Lipinski definition) is 5. The lowest BCUT2D eigenvalue weighted by Crippen LogP contribution is -2.38. The molecule has 0 bridgehead atoms. The summed E-state index contributed by atoms with van der Waals surface area (Å²) in [4.78, 5) is 10.1. The highest BCUT2D eigenvalue weighted by Gasteiger charge is 2.30. The lowest BCUT2D eigenvalue weighted by molar-refractivity contribution is -0.385. The Kier molecular flexibility index (Phi) is 6.24. The van der Waals surface area contributed by atoms with Gasteiger partial charge in [0.15, 0.2) is 0 Å². The van der Waals surface area contributed by atoms with Gasteiger partial charge in [-0.15, -0.1) is 0 Å². The van der Waals surface area contributed by atoms with Crippen LogP contribution in [-0.4, -0.2) is 30.7 Å². The van der Waals surface area contributed by atoms with Gasteiger partial charge in [0.05, 0.1) is 15.9 Å². The first kappa shape index (κ1) is 19.1. The molecular formula is C15H21N3O4S. The highest BCUT2D eigenvalue weighted by atomic mass is 32.2. The molecule has 0 fully saturated rings. The predicted octanol–water partition coefficient (Wildman–Crippen LogP) is 2.94. The van der Waals surface area contributed by atoms with Crippen LogP contribution in [0.25, 0.3) is 0 Å². The molecule has 0 atom stereocenters. The molecule has 1 aromatic carbocycles. The fourth-order valence-electron chi connectivity index (χ4n) is 2.22. The summed E-state index contributed by atoms with van der Waals surface area (Å²) < 4.78 is 26.8. The SMILES string of the molecule is CCN(CC(C)(C)CCC#N)S(=O)(=O)c1cccc([N+](=O)[O-])c1. The van der Waals surface area contributed by atoms with Crippen molar-refractivity contribution in [3.63, 3.8) is 0 Å². The Morgan fingerprint density at radius 3 is 2.57 bits per heavy atom. The van der Waals surface area contributed by atoms with Crippen molar-refractivity contribution in [1.29, 1.82) is 5.26 Å². The fourth-order valence-corrected chi connectivity index (χ4v) is 3.90. The normalized spacial score (nSPS) is 12.1. The molecule has 126 valence electrons. The monoisotopic (exact) mass is 339 g/mol. The van der Waals surface area contributed by atoms with E-state index >= 15 is 0 Å². The molecule has 0 aliphatic rings. The molecule has 0 saturated heterocycles. The number of rotatable bonds is 8. The first-order chi connectivity index (χ1) is 10.6. The zero-order chi connectivity index (χ0) is 17.7. The van der Waals surface area contributed by atoms with Crippen LogP contribution >= 0.6 is 0 Å². The molecular weight excluding hydrogens is 318 g/mol. The summed E-state index contributed by atoms with van der Waals surface area (Å²) in [6, 6.07) is 7.10. The van der Waals surface area contributed by atoms with Crippen LogP contribution in [0.5, 0.6) is 0 Å². The Bertz CT molecular complexity index is 708. The lowest BCUT2D eigenvalue weighted by Gasteiger charge is -2.31. The third-order valence-electron chi connectivity index (χ3n) is 3.54. The summed E-state index contributed by atoms with van der Waals surface area (Å²) in [6.07, 6.45) is 0.922. The molecule has 7 nitrogen and oxygen atoms in total. The molecule has 23 heavy (non-hydrogen) atoms. The quantitative estimate of drug-likeness (QED) is 0.535. The lowest BCUT2D eigenvalue weighted by atomic mass is 9.88. The minimum Gasteiger partial charge on any atom is -0.258 e. The third kappa shape index (κ3) is 5.01. The molecule has 0 amide bonds. The van der Waals surface area contributed by atoms with Gasteiger partial charge < -0.3 is 0 Å². The van der Waals surface area contributed by atoms with Crippen LogP contribution < -0.4 is 0 Å². The maximum Gasteiger partial charge on any atom is 0.270 e. The van der Waals surface area contributed by atoms with Crippen LogP contribution in [-0.2, 0) is 10.0 Å². The molecule has 0 heterocycles. The fraction of sp³-hybridized carbons (Fsp3) is 0.533. The molecule has 0 aliphatic carbocycles. The Balaban J connectivity index is 3.11. The van der Waals surface area contributed by atoms with Crippen LogP contribution in [0, 0.1) is 26.9 Å². The molecule has 0 saturated carbocycles. The average molecular weight is 339 g/mol. The van der Waals surface area contributed by atoms with E-state index in [0.29, 0.717) is 12.8 Å². The van der Waals surface area contributed by atoms with Gasteiger partial charge in [0, 0.05) is 31.6 Å². The van der Waals surface area contributed by atoms with Gasteiger partial charge in [0.25, 0.3) is 5.69 Å². The van der Waals surface area contributed by atoms with Crippen molar-refractivity contribution in [2.24, 2.45) is 5.41 Å². The minimum absolute atomic E-state index is 0.0929. The number of benzene rings is 1. The van der Waals surface area contributed by atoms with E-state index in [0.717, 1.165) is 6.07 Å². The van der Waals surface area contributed by atoms with Crippen molar-refractivity contribution in [2.45, 2.75) is 38.5 Å². The summed E-state index contributed by atoms with van der Waals surface area (Å²) in [5.74, 6) is 0. The largest absolute Gasteiger partial charge is 0.270 e. The molecule has 0 aromatic heterocycles. The second-order valence-electron chi connectivity index (χ2n) is 6.01. The summed E-state index contributed by atoms with van der Waals surface area (Å²) >= 11 is 0. The predicted molar refractivity (Wildman–Crippen MR) is 86.2 cm³/mol. The van der Waals surface area contributed by atoms with Gasteiger partial charge in [-0.25, -0.2) is 8.42 Å². The van der Waals surface area contributed by atoms with Gasteiger partial charge in [-0.3, -0.25) is 10.1 Å². The Morgan fingerprint density at radius 1 is 1.39 bits per heavy atom. The van der Waals surface area contributed by atoms with Crippen molar-refractivity contribution < 1.29 is 13.3 Å². The molecule has 0 N–H and O–H groups in total. The Hall–Kier alpha value is -1.98. The van der Waals surface area contributed by atoms with Crippen molar-refractivity contribution in [2.75, 3.05) is 13.1 Å². The van der Waals surface area contributed by atoms with E-state index in [9.17, 15) is 18.5 Å². The number of hydrogen-bond donors (Lipinski definition) is 0. The standard InChI is InChI=1S/C15H21N3O4S/c1-4-17(12-15(2,3)9-6-10-16)23(21,22)14-8-5-7-13(11-14)18(19)20/h5,7-8,11H,4,6,9,12H2,1-3H3. The van der Waals surface area contributed by atoms with Crippen molar-refractivity contribution >= 4 is 15.7 Å².